The topological polar surface area (TPSA) is 86.7 Å². The molecule has 1 aliphatic heterocycles. The summed E-state index contributed by atoms with van der Waals surface area (Å²) in [5.74, 6) is -1.58. The third kappa shape index (κ3) is 3.98. The first kappa shape index (κ1) is 19.0. The van der Waals surface area contributed by atoms with E-state index in [-0.39, 0.29) is 18.2 Å². The first-order valence-corrected chi connectivity index (χ1v) is 9.47. The molecule has 2 aromatic rings. The van der Waals surface area contributed by atoms with Gasteiger partial charge in [-0.2, -0.15) is 0 Å². The van der Waals surface area contributed by atoms with Crippen molar-refractivity contribution >= 4 is 35.2 Å². The van der Waals surface area contributed by atoms with Gasteiger partial charge in [-0.15, -0.1) is 11.8 Å². The van der Waals surface area contributed by atoms with E-state index in [0.29, 0.717) is 11.3 Å². The minimum Gasteiger partial charge on any atom is -0.479 e. The highest BCUT2D eigenvalue weighted by molar-refractivity contribution is 8.00. The minimum atomic E-state index is -1.16. The molecule has 0 spiro atoms. The van der Waals surface area contributed by atoms with Crippen molar-refractivity contribution in [2.45, 2.75) is 24.8 Å². The lowest BCUT2D eigenvalue weighted by Gasteiger charge is -2.29. The molecule has 2 aromatic carbocycles. The van der Waals surface area contributed by atoms with E-state index in [9.17, 15) is 19.5 Å². The molecule has 1 atom stereocenters. The van der Waals surface area contributed by atoms with Crippen molar-refractivity contribution in [2.24, 2.45) is 0 Å². The van der Waals surface area contributed by atoms with Gasteiger partial charge in [-0.05, 0) is 42.7 Å². The van der Waals surface area contributed by atoms with Crippen LogP contribution in [0.25, 0.3) is 0 Å². The van der Waals surface area contributed by atoms with Gasteiger partial charge >= 0.3 is 5.97 Å². The Labute approximate surface area is 161 Å². The van der Waals surface area contributed by atoms with Gasteiger partial charge in [0.2, 0.25) is 11.8 Å². The van der Waals surface area contributed by atoms with Gasteiger partial charge in [0.05, 0.1) is 11.4 Å². The monoisotopic (exact) mass is 384 g/mol. The van der Waals surface area contributed by atoms with Crippen molar-refractivity contribution in [3.8, 4) is 0 Å². The minimum absolute atomic E-state index is 0.174. The molecule has 0 saturated carbocycles. The van der Waals surface area contributed by atoms with E-state index in [1.807, 2.05) is 32.0 Å². The summed E-state index contributed by atoms with van der Waals surface area (Å²) < 4.78 is 0. The Balaban J connectivity index is 1.81. The maximum absolute atomic E-state index is 12.6. The number of amides is 2. The number of hydrogen-bond donors (Lipinski definition) is 2. The number of carboxylic acid groups (broad SMARTS) is 1. The molecular formula is C20H20N2O4S. The van der Waals surface area contributed by atoms with E-state index >= 15 is 0 Å². The molecule has 0 saturated heterocycles. The van der Waals surface area contributed by atoms with Crippen LogP contribution in [0.2, 0.25) is 0 Å². The summed E-state index contributed by atoms with van der Waals surface area (Å²) >= 11 is 1.43. The van der Waals surface area contributed by atoms with Crippen LogP contribution in [0.1, 0.15) is 22.7 Å². The zero-order chi connectivity index (χ0) is 19.6. The smallest absolute Gasteiger partial charge is 0.330 e. The lowest BCUT2D eigenvalue weighted by atomic mass is 9.97. The number of hydrogen-bond acceptors (Lipinski definition) is 4. The molecule has 27 heavy (non-hydrogen) atoms. The second kappa shape index (κ2) is 7.84. The number of aryl methyl sites for hydroxylation is 1. The first-order chi connectivity index (χ1) is 12.9. The largest absolute Gasteiger partial charge is 0.479 e. The Morgan fingerprint density at radius 2 is 1.93 bits per heavy atom. The predicted molar refractivity (Wildman–Crippen MR) is 104 cm³/mol. The normalized spacial score (nSPS) is 14.4. The molecule has 7 heteroatoms. The van der Waals surface area contributed by atoms with Crippen molar-refractivity contribution in [1.82, 2.24) is 5.32 Å². The van der Waals surface area contributed by atoms with Crippen molar-refractivity contribution in [3.05, 3.63) is 59.2 Å². The summed E-state index contributed by atoms with van der Waals surface area (Å²) in [6, 6.07) is 11.5. The van der Waals surface area contributed by atoms with Gasteiger partial charge in [-0.3, -0.25) is 9.59 Å². The van der Waals surface area contributed by atoms with E-state index in [1.165, 1.54) is 16.7 Å². The standard InChI is InChI=1S/C20H20N2O4S/c1-12-6-5-7-14(13(12)2)19(20(25)26)21-17(23)10-22-15-8-3-4-9-16(15)27-11-18(22)24/h3-9,19H,10-11H2,1-2H3,(H,21,23)(H,25,26). The van der Waals surface area contributed by atoms with E-state index in [2.05, 4.69) is 5.32 Å². The van der Waals surface area contributed by atoms with Gasteiger partial charge in [-0.25, -0.2) is 4.79 Å². The Morgan fingerprint density at radius 3 is 2.67 bits per heavy atom. The summed E-state index contributed by atoms with van der Waals surface area (Å²) in [6.07, 6.45) is 0. The van der Waals surface area contributed by atoms with E-state index in [1.54, 1.807) is 24.3 Å². The van der Waals surface area contributed by atoms with Gasteiger partial charge in [0.1, 0.15) is 6.54 Å². The molecule has 2 amide bonds. The van der Waals surface area contributed by atoms with Crippen molar-refractivity contribution < 1.29 is 19.5 Å². The molecular weight excluding hydrogens is 364 g/mol. The molecule has 1 aliphatic rings. The average Bonchev–Trinajstić information content (AvgIpc) is 2.64. The third-order valence-corrected chi connectivity index (χ3v) is 5.67. The van der Waals surface area contributed by atoms with Crippen LogP contribution < -0.4 is 10.2 Å². The fourth-order valence-electron chi connectivity index (χ4n) is 3.04. The van der Waals surface area contributed by atoms with Crippen molar-refractivity contribution in [2.75, 3.05) is 17.2 Å². The number of carbonyl (C=O) groups is 3. The Hall–Kier alpha value is -2.80. The van der Waals surface area contributed by atoms with Crippen LogP contribution in [-0.2, 0) is 14.4 Å². The van der Waals surface area contributed by atoms with Gasteiger partial charge in [0.25, 0.3) is 0 Å². The third-order valence-electron chi connectivity index (χ3n) is 4.62. The summed E-state index contributed by atoms with van der Waals surface area (Å²) in [7, 11) is 0. The number of carbonyl (C=O) groups excluding carboxylic acids is 2. The summed E-state index contributed by atoms with van der Waals surface area (Å²) in [5.41, 5.74) is 2.98. The maximum Gasteiger partial charge on any atom is 0.330 e. The number of anilines is 1. The summed E-state index contributed by atoms with van der Waals surface area (Å²) in [5, 5.41) is 12.2. The number of benzene rings is 2. The van der Waals surface area contributed by atoms with Crippen LogP contribution >= 0.6 is 11.8 Å². The molecule has 140 valence electrons. The second-order valence-electron chi connectivity index (χ2n) is 6.36. The summed E-state index contributed by atoms with van der Waals surface area (Å²) in [4.78, 5) is 39.0. The average molecular weight is 384 g/mol. The molecule has 0 fully saturated rings. The summed E-state index contributed by atoms with van der Waals surface area (Å²) in [6.45, 7) is 3.50. The molecule has 0 aliphatic carbocycles. The number of rotatable bonds is 5. The van der Waals surface area contributed by atoms with E-state index < -0.39 is 17.9 Å². The van der Waals surface area contributed by atoms with Crippen molar-refractivity contribution in [1.29, 1.82) is 0 Å². The number of aliphatic carboxylic acids is 1. The second-order valence-corrected chi connectivity index (χ2v) is 7.38. The number of nitrogens with one attached hydrogen (secondary N) is 1. The molecule has 6 nitrogen and oxygen atoms in total. The predicted octanol–water partition coefficient (Wildman–Crippen LogP) is 2.68. The number of fused-ring (bicyclic) bond motifs is 1. The number of carboxylic acids is 1. The quantitative estimate of drug-likeness (QED) is 0.828. The van der Waals surface area contributed by atoms with Gasteiger partial charge < -0.3 is 15.3 Å². The SMILES string of the molecule is Cc1cccc(C(NC(=O)CN2C(=O)CSc3ccccc32)C(=O)O)c1C. The number of para-hydroxylation sites is 1. The Morgan fingerprint density at radius 1 is 1.19 bits per heavy atom. The zero-order valence-electron chi connectivity index (χ0n) is 15.1. The Bertz CT molecular complexity index is 913. The van der Waals surface area contributed by atoms with Gasteiger partial charge in [0.15, 0.2) is 6.04 Å². The van der Waals surface area contributed by atoms with Crippen LogP contribution in [0.5, 0.6) is 0 Å². The highest BCUT2D eigenvalue weighted by atomic mass is 32.2. The van der Waals surface area contributed by atoms with Crippen LogP contribution in [-0.4, -0.2) is 35.2 Å². The zero-order valence-corrected chi connectivity index (χ0v) is 15.9. The number of thioether (sulfide) groups is 1. The Kier molecular flexibility index (Phi) is 5.51. The molecule has 0 aromatic heterocycles. The fourth-order valence-corrected chi connectivity index (χ4v) is 3.97. The molecule has 0 radical (unpaired) electrons. The lowest BCUT2D eigenvalue weighted by molar-refractivity contribution is -0.141. The van der Waals surface area contributed by atoms with Crippen LogP contribution in [0.4, 0.5) is 5.69 Å². The van der Waals surface area contributed by atoms with Crippen LogP contribution in [0.3, 0.4) is 0 Å². The van der Waals surface area contributed by atoms with Gasteiger partial charge in [-0.1, -0.05) is 30.3 Å². The van der Waals surface area contributed by atoms with E-state index in [4.69, 9.17) is 0 Å². The number of nitrogens with zero attached hydrogens (tertiary/aromatic N) is 1. The molecule has 1 unspecified atom stereocenters. The highest BCUT2D eigenvalue weighted by Crippen LogP contribution is 2.34. The maximum atomic E-state index is 12.6. The molecule has 3 rings (SSSR count). The van der Waals surface area contributed by atoms with E-state index in [0.717, 1.165) is 16.0 Å². The highest BCUT2D eigenvalue weighted by Gasteiger charge is 2.29. The van der Waals surface area contributed by atoms with Crippen molar-refractivity contribution in [3.63, 3.8) is 0 Å². The van der Waals surface area contributed by atoms with Gasteiger partial charge in [0, 0.05) is 4.90 Å². The fraction of sp³-hybridized carbons (Fsp3) is 0.250. The molecule has 2 N–H and O–H groups in total. The van der Waals surface area contributed by atoms with Crippen LogP contribution in [0, 0.1) is 13.8 Å². The van der Waals surface area contributed by atoms with Crippen LogP contribution in [0.15, 0.2) is 47.4 Å². The first-order valence-electron chi connectivity index (χ1n) is 8.49. The molecule has 0 bridgehead atoms. The lowest BCUT2D eigenvalue weighted by Crippen LogP contribution is -2.45. The molecule has 1 heterocycles.